The summed E-state index contributed by atoms with van der Waals surface area (Å²) in [5, 5.41) is 22.0. The first-order valence-corrected chi connectivity index (χ1v) is 8.94. The number of amides is 2. The summed E-state index contributed by atoms with van der Waals surface area (Å²) in [5.41, 5.74) is 0. The molecule has 7 nitrogen and oxygen atoms in total. The Morgan fingerprint density at radius 2 is 2.12 bits per heavy atom. The number of aromatic hydroxyl groups is 1. The number of aliphatic hydroxyl groups excluding tert-OH is 1. The number of unbranched alkanes of at least 4 members (excludes halogenated alkanes) is 1. The molecule has 9 heteroatoms. The smallest absolute Gasteiger partial charge is 0.317 e. The van der Waals surface area contributed by atoms with E-state index in [1.165, 1.54) is 6.07 Å². The highest BCUT2D eigenvalue weighted by Crippen LogP contribution is 2.30. The normalized spacial score (nSPS) is 15.6. The molecule has 2 rings (SSSR count). The van der Waals surface area contributed by atoms with Crippen LogP contribution in [0.15, 0.2) is 12.1 Å². The van der Waals surface area contributed by atoms with Crippen LogP contribution >= 0.6 is 11.6 Å². The van der Waals surface area contributed by atoms with Crippen molar-refractivity contribution in [3.05, 3.63) is 23.0 Å². The summed E-state index contributed by atoms with van der Waals surface area (Å²) >= 11 is 5.70. The van der Waals surface area contributed by atoms with Crippen LogP contribution in [0.4, 0.5) is 9.18 Å². The highest BCUT2D eigenvalue weighted by Gasteiger charge is 2.16. The molecular weight excluding hydrogens is 367 g/mol. The lowest BCUT2D eigenvalue weighted by Gasteiger charge is -2.26. The van der Waals surface area contributed by atoms with Gasteiger partial charge in [-0.25, -0.2) is 9.18 Å². The fourth-order valence-corrected chi connectivity index (χ4v) is 2.63. The number of hydrogen-bond acceptors (Lipinski definition) is 5. The number of carbonyl (C=O) groups is 1. The van der Waals surface area contributed by atoms with Crippen molar-refractivity contribution in [3.63, 3.8) is 0 Å². The molecule has 1 aliphatic heterocycles. The van der Waals surface area contributed by atoms with Crippen LogP contribution in [0.5, 0.6) is 11.5 Å². The Morgan fingerprint density at radius 3 is 2.85 bits per heavy atom. The van der Waals surface area contributed by atoms with E-state index in [1.54, 1.807) is 4.90 Å². The number of phenolic OH excluding ortho intramolecular Hbond substituents is 1. The summed E-state index contributed by atoms with van der Waals surface area (Å²) in [5.74, 6) is -1.23. The van der Waals surface area contributed by atoms with E-state index in [2.05, 4.69) is 5.32 Å². The van der Waals surface area contributed by atoms with Gasteiger partial charge in [-0.15, -0.1) is 0 Å². The molecule has 1 aromatic carbocycles. The Labute approximate surface area is 156 Å². The van der Waals surface area contributed by atoms with Crippen molar-refractivity contribution >= 4 is 17.6 Å². The summed E-state index contributed by atoms with van der Waals surface area (Å²) < 4.78 is 24.0. The van der Waals surface area contributed by atoms with Crippen LogP contribution in [-0.2, 0) is 4.74 Å². The van der Waals surface area contributed by atoms with Crippen molar-refractivity contribution in [3.8, 4) is 11.5 Å². The largest absolute Gasteiger partial charge is 0.506 e. The first-order chi connectivity index (χ1) is 12.5. The van der Waals surface area contributed by atoms with Gasteiger partial charge in [-0.1, -0.05) is 11.6 Å². The van der Waals surface area contributed by atoms with Gasteiger partial charge in [0.15, 0.2) is 11.6 Å². The van der Waals surface area contributed by atoms with Gasteiger partial charge in [0.25, 0.3) is 0 Å². The predicted molar refractivity (Wildman–Crippen MR) is 94.2 cm³/mol. The summed E-state index contributed by atoms with van der Waals surface area (Å²) in [6, 6.07) is 1.93. The van der Waals surface area contributed by atoms with E-state index in [4.69, 9.17) is 21.1 Å². The Morgan fingerprint density at radius 1 is 1.38 bits per heavy atom. The second kappa shape index (κ2) is 10.4. The average Bonchev–Trinajstić information content (AvgIpc) is 2.64. The zero-order chi connectivity index (χ0) is 18.9. The molecule has 0 aliphatic carbocycles. The number of hydrogen-bond donors (Lipinski definition) is 3. The molecule has 0 aromatic heterocycles. The number of nitrogens with one attached hydrogen (secondary N) is 1. The Bertz CT molecular complexity index is 599. The van der Waals surface area contributed by atoms with Gasteiger partial charge in [0.1, 0.15) is 12.4 Å². The van der Waals surface area contributed by atoms with Crippen LogP contribution in [0.1, 0.15) is 19.3 Å². The minimum atomic E-state index is -0.767. The standard InChI is InChI=1S/C17H24ClFN2O5/c18-13-9-16(14(19)10-15(13)23)26-11-12(22)3-1-2-4-20-17(24)21-5-7-25-8-6-21/h9-10,12,22-23H,1-8,11H2,(H,20,24)/t12-/m0/s1. The third kappa shape index (κ3) is 6.51. The van der Waals surface area contributed by atoms with Crippen molar-refractivity contribution in [1.29, 1.82) is 0 Å². The van der Waals surface area contributed by atoms with Crippen molar-refractivity contribution in [1.82, 2.24) is 10.2 Å². The monoisotopic (exact) mass is 390 g/mol. The maximum atomic E-state index is 13.6. The molecule has 1 aromatic rings. The number of phenols is 1. The van der Waals surface area contributed by atoms with Gasteiger partial charge in [-0.3, -0.25) is 0 Å². The summed E-state index contributed by atoms with van der Waals surface area (Å²) in [6.07, 6.45) is 1.09. The number of halogens is 2. The number of aliphatic hydroxyl groups is 1. The van der Waals surface area contributed by atoms with Gasteiger partial charge in [-0.2, -0.15) is 0 Å². The van der Waals surface area contributed by atoms with Crippen LogP contribution in [0.2, 0.25) is 5.02 Å². The van der Waals surface area contributed by atoms with E-state index in [0.717, 1.165) is 6.07 Å². The molecular formula is C17H24ClFN2O5. The molecule has 1 saturated heterocycles. The van der Waals surface area contributed by atoms with Crippen LogP contribution in [0, 0.1) is 5.82 Å². The van der Waals surface area contributed by atoms with Crippen molar-refractivity contribution in [2.45, 2.75) is 25.4 Å². The molecule has 3 N–H and O–H groups in total. The van der Waals surface area contributed by atoms with E-state index in [9.17, 15) is 19.4 Å². The maximum Gasteiger partial charge on any atom is 0.317 e. The SMILES string of the molecule is O=C(NCCCC[C@H](O)COc1cc(Cl)c(O)cc1F)N1CCOCC1. The fourth-order valence-electron chi connectivity index (χ4n) is 2.48. The van der Waals surface area contributed by atoms with E-state index < -0.39 is 11.9 Å². The Kier molecular flexibility index (Phi) is 8.21. The number of rotatable bonds is 8. The van der Waals surface area contributed by atoms with Crippen LogP contribution in [0.25, 0.3) is 0 Å². The zero-order valence-electron chi connectivity index (χ0n) is 14.4. The number of benzene rings is 1. The van der Waals surface area contributed by atoms with E-state index in [-0.39, 0.29) is 29.2 Å². The highest BCUT2D eigenvalue weighted by molar-refractivity contribution is 6.32. The number of carbonyl (C=O) groups excluding carboxylic acids is 1. The first kappa shape index (κ1) is 20.5. The van der Waals surface area contributed by atoms with Crippen LogP contribution < -0.4 is 10.1 Å². The van der Waals surface area contributed by atoms with Gasteiger partial charge in [0.05, 0.1) is 24.3 Å². The third-order valence-corrected chi connectivity index (χ3v) is 4.27. The van der Waals surface area contributed by atoms with Crippen molar-refractivity contribution in [2.24, 2.45) is 0 Å². The van der Waals surface area contributed by atoms with Gasteiger partial charge in [0.2, 0.25) is 0 Å². The van der Waals surface area contributed by atoms with Crippen molar-refractivity contribution in [2.75, 3.05) is 39.5 Å². The molecule has 0 saturated carbocycles. The lowest BCUT2D eigenvalue weighted by molar-refractivity contribution is 0.0532. The van der Waals surface area contributed by atoms with E-state index in [1.807, 2.05) is 0 Å². The topological polar surface area (TPSA) is 91.3 Å². The highest BCUT2D eigenvalue weighted by atomic mass is 35.5. The van der Waals surface area contributed by atoms with Gasteiger partial charge in [0, 0.05) is 31.8 Å². The molecule has 1 atom stereocenters. The summed E-state index contributed by atoms with van der Waals surface area (Å²) in [7, 11) is 0. The second-order valence-corrected chi connectivity index (χ2v) is 6.43. The molecule has 1 fully saturated rings. The molecule has 26 heavy (non-hydrogen) atoms. The van der Waals surface area contributed by atoms with E-state index in [0.29, 0.717) is 52.1 Å². The third-order valence-electron chi connectivity index (χ3n) is 3.97. The average molecular weight is 391 g/mol. The second-order valence-electron chi connectivity index (χ2n) is 6.03. The maximum absolute atomic E-state index is 13.6. The predicted octanol–water partition coefficient (Wildman–Crippen LogP) is 2.14. The first-order valence-electron chi connectivity index (χ1n) is 8.56. The summed E-state index contributed by atoms with van der Waals surface area (Å²) in [6.45, 7) is 2.75. The molecule has 1 aliphatic rings. The molecule has 0 radical (unpaired) electrons. The Balaban J connectivity index is 1.58. The molecule has 0 spiro atoms. The molecule has 0 bridgehead atoms. The number of urea groups is 1. The minimum Gasteiger partial charge on any atom is -0.506 e. The zero-order valence-corrected chi connectivity index (χ0v) is 15.2. The van der Waals surface area contributed by atoms with E-state index >= 15 is 0 Å². The van der Waals surface area contributed by atoms with Gasteiger partial charge in [-0.05, 0) is 19.3 Å². The summed E-state index contributed by atoms with van der Waals surface area (Å²) in [4.78, 5) is 13.6. The lowest BCUT2D eigenvalue weighted by Crippen LogP contribution is -2.46. The number of morpholine rings is 1. The molecule has 1 heterocycles. The number of ether oxygens (including phenoxy) is 2. The molecule has 146 valence electrons. The molecule has 0 unspecified atom stereocenters. The fraction of sp³-hybridized carbons (Fsp3) is 0.588. The van der Waals surface area contributed by atoms with Crippen molar-refractivity contribution < 1.29 is 28.9 Å². The Hall–Kier alpha value is -1.77. The van der Waals surface area contributed by atoms with Gasteiger partial charge >= 0.3 is 6.03 Å². The quantitative estimate of drug-likeness (QED) is 0.591. The van der Waals surface area contributed by atoms with Gasteiger partial charge < -0.3 is 29.9 Å². The van der Waals surface area contributed by atoms with Crippen LogP contribution in [0.3, 0.4) is 0 Å². The van der Waals surface area contributed by atoms with Crippen LogP contribution in [-0.4, -0.2) is 66.7 Å². The number of nitrogens with zero attached hydrogens (tertiary/aromatic N) is 1. The molecule has 2 amide bonds. The minimum absolute atomic E-state index is 0.0214. The lowest BCUT2D eigenvalue weighted by atomic mass is 10.1.